The number of hydrogen-bond acceptors (Lipinski definition) is 4. The van der Waals surface area contributed by atoms with E-state index in [4.69, 9.17) is 4.74 Å². The van der Waals surface area contributed by atoms with Crippen molar-refractivity contribution in [3.63, 3.8) is 0 Å². The highest BCUT2D eigenvalue weighted by Gasteiger charge is 2.19. The average Bonchev–Trinajstić information content (AvgIpc) is 3.25. The maximum atomic E-state index is 13.2. The molecule has 4 nitrogen and oxygen atoms in total. The second-order valence-corrected chi connectivity index (χ2v) is 7.17. The van der Waals surface area contributed by atoms with Gasteiger partial charge in [0.1, 0.15) is 5.82 Å². The van der Waals surface area contributed by atoms with Crippen molar-refractivity contribution in [2.45, 2.75) is 19.4 Å². The molecule has 0 saturated heterocycles. The fourth-order valence-corrected chi connectivity index (χ4v) is 3.53. The summed E-state index contributed by atoms with van der Waals surface area (Å²) in [5.74, 6) is -1.32. The molecule has 0 spiro atoms. The van der Waals surface area contributed by atoms with E-state index in [1.807, 2.05) is 36.6 Å². The lowest BCUT2D eigenvalue weighted by molar-refractivity contribution is -0.124. The molecule has 0 aliphatic heterocycles. The third-order valence-corrected chi connectivity index (χ3v) is 5.21. The molecule has 0 unspecified atom stereocenters. The summed E-state index contributed by atoms with van der Waals surface area (Å²) in [6.07, 6.45) is 0.880. The Morgan fingerprint density at radius 1 is 1.07 bits per heavy atom. The minimum absolute atomic E-state index is 0.344. The van der Waals surface area contributed by atoms with E-state index in [2.05, 4.69) is 5.32 Å². The highest BCUT2D eigenvalue weighted by molar-refractivity contribution is 7.10. The van der Waals surface area contributed by atoms with Crippen molar-refractivity contribution in [3.05, 3.63) is 93.4 Å². The van der Waals surface area contributed by atoms with Crippen molar-refractivity contribution in [1.82, 2.24) is 5.32 Å². The zero-order valence-corrected chi connectivity index (χ0v) is 16.2. The van der Waals surface area contributed by atoms with Gasteiger partial charge < -0.3 is 10.1 Å². The van der Waals surface area contributed by atoms with Gasteiger partial charge in [-0.05, 0) is 53.3 Å². The first-order chi connectivity index (χ1) is 13.6. The maximum Gasteiger partial charge on any atom is 0.338 e. The molecule has 3 aromatic rings. The molecule has 1 N–H and O–H groups in total. The van der Waals surface area contributed by atoms with Gasteiger partial charge in [0.2, 0.25) is 0 Å². The van der Waals surface area contributed by atoms with Crippen LogP contribution in [0.25, 0.3) is 0 Å². The summed E-state index contributed by atoms with van der Waals surface area (Å²) in [7, 11) is 0. The van der Waals surface area contributed by atoms with Gasteiger partial charge in [-0.1, -0.05) is 37.3 Å². The molecule has 1 atom stereocenters. The van der Waals surface area contributed by atoms with Gasteiger partial charge in [-0.15, -0.1) is 11.3 Å². The van der Waals surface area contributed by atoms with Crippen LogP contribution in [0.2, 0.25) is 0 Å². The number of nitrogens with one attached hydrogen (secondary N) is 1. The molecule has 28 heavy (non-hydrogen) atoms. The number of benzene rings is 2. The Bertz CT molecular complexity index is 921. The predicted octanol–water partition coefficient (Wildman–Crippen LogP) is 4.51. The summed E-state index contributed by atoms with van der Waals surface area (Å²) < 4.78 is 18.4. The molecule has 2 aromatic carbocycles. The van der Waals surface area contributed by atoms with E-state index in [-0.39, 0.29) is 5.82 Å². The molecule has 0 fully saturated rings. The zero-order chi connectivity index (χ0) is 19.9. The molecule has 0 saturated carbocycles. The lowest BCUT2D eigenvalue weighted by Crippen LogP contribution is -2.32. The van der Waals surface area contributed by atoms with E-state index in [1.165, 1.54) is 23.5 Å². The first kappa shape index (κ1) is 19.8. The van der Waals surface area contributed by atoms with Crippen molar-refractivity contribution in [2.24, 2.45) is 0 Å². The Labute approximate surface area is 167 Å². The normalized spacial score (nSPS) is 11.6. The molecule has 1 aromatic heterocycles. The molecule has 3 rings (SSSR count). The Balaban J connectivity index is 1.63. The smallest absolute Gasteiger partial charge is 0.338 e. The topological polar surface area (TPSA) is 55.4 Å². The number of hydrogen-bond donors (Lipinski definition) is 1. The molecule has 0 bridgehead atoms. The van der Waals surface area contributed by atoms with Gasteiger partial charge in [-0.3, -0.25) is 4.79 Å². The number of carbonyl (C=O) groups is 2. The summed E-state index contributed by atoms with van der Waals surface area (Å²) in [6, 6.07) is 16.4. The zero-order valence-electron chi connectivity index (χ0n) is 15.4. The monoisotopic (exact) mass is 397 g/mol. The third kappa shape index (κ3) is 5.04. The Hall–Kier alpha value is -2.99. The van der Waals surface area contributed by atoms with E-state index in [0.29, 0.717) is 5.56 Å². The number of aryl methyl sites for hydroxylation is 1. The van der Waals surface area contributed by atoms with E-state index < -0.39 is 24.5 Å². The largest absolute Gasteiger partial charge is 0.452 e. The van der Waals surface area contributed by atoms with Crippen LogP contribution in [0.4, 0.5) is 4.39 Å². The summed E-state index contributed by atoms with van der Waals surface area (Å²) >= 11 is 1.48. The van der Waals surface area contributed by atoms with Gasteiger partial charge in [-0.25, -0.2) is 9.18 Å². The van der Waals surface area contributed by atoms with Gasteiger partial charge in [0.25, 0.3) is 5.91 Å². The minimum atomic E-state index is -0.549. The summed E-state index contributed by atoms with van der Waals surface area (Å²) in [5, 5.41) is 4.75. The Morgan fingerprint density at radius 2 is 1.79 bits per heavy atom. The molecule has 1 amide bonds. The van der Waals surface area contributed by atoms with Crippen LogP contribution in [0.1, 0.15) is 39.3 Å². The van der Waals surface area contributed by atoms with Gasteiger partial charge in [-0.2, -0.15) is 0 Å². The van der Waals surface area contributed by atoms with Crippen molar-refractivity contribution in [3.8, 4) is 0 Å². The second-order valence-electron chi connectivity index (χ2n) is 6.19. The Kier molecular flexibility index (Phi) is 6.55. The van der Waals surface area contributed by atoms with Crippen LogP contribution >= 0.6 is 11.3 Å². The molecular weight excluding hydrogens is 377 g/mol. The number of thiophene rings is 1. The van der Waals surface area contributed by atoms with Gasteiger partial charge in [0.15, 0.2) is 6.61 Å². The SMILES string of the molecule is CCc1ccc(C(=O)OCC(=O)N[C@@H](c2ccc(F)cc2)c2cccs2)cc1. The molecule has 0 aliphatic carbocycles. The second kappa shape index (κ2) is 9.28. The highest BCUT2D eigenvalue weighted by Crippen LogP contribution is 2.26. The maximum absolute atomic E-state index is 13.2. The fraction of sp³-hybridized carbons (Fsp3) is 0.182. The molecule has 6 heteroatoms. The summed E-state index contributed by atoms with van der Waals surface area (Å²) in [4.78, 5) is 25.4. The number of amides is 1. The van der Waals surface area contributed by atoms with Crippen LogP contribution in [0.3, 0.4) is 0 Å². The van der Waals surface area contributed by atoms with Crippen molar-refractivity contribution in [2.75, 3.05) is 6.61 Å². The summed E-state index contributed by atoms with van der Waals surface area (Å²) in [6.45, 7) is 1.64. The van der Waals surface area contributed by atoms with Crippen LogP contribution in [0, 0.1) is 5.82 Å². The number of rotatable bonds is 7. The van der Waals surface area contributed by atoms with E-state index >= 15 is 0 Å². The number of carbonyl (C=O) groups excluding carboxylic acids is 2. The van der Waals surface area contributed by atoms with Crippen LogP contribution in [0.5, 0.6) is 0 Å². The first-order valence-electron chi connectivity index (χ1n) is 8.91. The minimum Gasteiger partial charge on any atom is -0.452 e. The van der Waals surface area contributed by atoms with Crippen molar-refractivity contribution in [1.29, 1.82) is 0 Å². The van der Waals surface area contributed by atoms with Crippen LogP contribution in [-0.2, 0) is 16.0 Å². The van der Waals surface area contributed by atoms with Crippen molar-refractivity contribution < 1.29 is 18.7 Å². The van der Waals surface area contributed by atoms with E-state index in [9.17, 15) is 14.0 Å². The lowest BCUT2D eigenvalue weighted by Gasteiger charge is -2.18. The quantitative estimate of drug-likeness (QED) is 0.597. The molecule has 0 aliphatic rings. The van der Waals surface area contributed by atoms with Crippen molar-refractivity contribution >= 4 is 23.2 Å². The number of esters is 1. The fourth-order valence-electron chi connectivity index (χ4n) is 2.72. The van der Waals surface area contributed by atoms with Crippen LogP contribution < -0.4 is 5.32 Å². The highest BCUT2D eigenvalue weighted by atomic mass is 32.1. The Morgan fingerprint density at radius 3 is 2.39 bits per heavy atom. The molecule has 1 heterocycles. The third-order valence-electron chi connectivity index (χ3n) is 4.27. The first-order valence-corrected chi connectivity index (χ1v) is 9.79. The molecular formula is C22H20FNO3S. The van der Waals surface area contributed by atoms with Crippen LogP contribution in [-0.4, -0.2) is 18.5 Å². The van der Waals surface area contributed by atoms with E-state index in [1.54, 1.807) is 24.3 Å². The summed E-state index contributed by atoms with van der Waals surface area (Å²) in [5.41, 5.74) is 2.27. The van der Waals surface area contributed by atoms with E-state index in [0.717, 1.165) is 22.4 Å². The van der Waals surface area contributed by atoms with Gasteiger partial charge >= 0.3 is 5.97 Å². The number of ether oxygens (including phenoxy) is 1. The van der Waals surface area contributed by atoms with Crippen LogP contribution in [0.15, 0.2) is 66.0 Å². The standard InChI is InChI=1S/C22H20FNO3S/c1-2-15-5-7-17(8-6-15)22(26)27-14-20(25)24-21(19-4-3-13-28-19)16-9-11-18(23)12-10-16/h3-13,21H,2,14H2,1H3,(H,24,25)/t21-/m0/s1. The molecule has 0 radical (unpaired) electrons. The number of halogens is 1. The molecule has 144 valence electrons. The van der Waals surface area contributed by atoms with Gasteiger partial charge in [0.05, 0.1) is 11.6 Å². The average molecular weight is 397 g/mol. The van der Waals surface area contributed by atoms with Gasteiger partial charge in [0, 0.05) is 4.88 Å². The lowest BCUT2D eigenvalue weighted by atomic mass is 10.1. The predicted molar refractivity (Wildman–Crippen MR) is 107 cm³/mol.